The van der Waals surface area contributed by atoms with Gasteiger partial charge in [0.25, 0.3) is 0 Å². The first-order valence-corrected chi connectivity index (χ1v) is 13.2. The van der Waals surface area contributed by atoms with E-state index in [0.29, 0.717) is 0 Å². The van der Waals surface area contributed by atoms with Gasteiger partial charge in [-0.05, 0) is 37.9 Å². The summed E-state index contributed by atoms with van der Waals surface area (Å²) in [5.41, 5.74) is 0. The number of nitrogens with zero attached hydrogens (tertiary/aromatic N) is 1. The van der Waals surface area contributed by atoms with E-state index in [9.17, 15) is 0 Å². The SMILES string of the molecule is CCCCCCCCCCCC[N+](C)(C)CCCCCCCCCCCS.[Cl-]. The summed E-state index contributed by atoms with van der Waals surface area (Å²) >= 11 is 4.28. The van der Waals surface area contributed by atoms with Gasteiger partial charge in [-0.1, -0.05) is 96.8 Å². The van der Waals surface area contributed by atoms with Crippen LogP contribution in [0.1, 0.15) is 129 Å². The molecule has 0 saturated carbocycles. The maximum atomic E-state index is 4.28. The molecule has 0 atom stereocenters. The van der Waals surface area contributed by atoms with Crippen LogP contribution in [0.5, 0.6) is 0 Å². The predicted octanol–water partition coefficient (Wildman–Crippen LogP) is 5.43. The Hall–Kier alpha value is 0.600. The largest absolute Gasteiger partial charge is 1.00 e. The zero-order valence-corrected chi connectivity index (χ0v) is 21.5. The molecule has 0 unspecified atom stereocenters. The second-order valence-electron chi connectivity index (χ2n) is 9.47. The molecule has 28 heavy (non-hydrogen) atoms. The Morgan fingerprint density at radius 1 is 0.464 bits per heavy atom. The van der Waals surface area contributed by atoms with E-state index in [1.165, 1.54) is 140 Å². The Morgan fingerprint density at radius 2 is 0.750 bits per heavy atom. The van der Waals surface area contributed by atoms with Gasteiger partial charge >= 0.3 is 0 Å². The van der Waals surface area contributed by atoms with Crippen LogP contribution in [0.3, 0.4) is 0 Å². The lowest BCUT2D eigenvalue weighted by Gasteiger charge is -2.30. The zero-order chi connectivity index (χ0) is 20.1. The highest BCUT2D eigenvalue weighted by molar-refractivity contribution is 7.80. The molecular formula is C25H54ClNS. The van der Waals surface area contributed by atoms with Crippen LogP contribution in [0, 0.1) is 0 Å². The van der Waals surface area contributed by atoms with Gasteiger partial charge in [0, 0.05) is 0 Å². The number of hydrogen-bond acceptors (Lipinski definition) is 1. The lowest BCUT2D eigenvalue weighted by Crippen LogP contribution is -3.00. The third kappa shape index (κ3) is 24.6. The van der Waals surface area contributed by atoms with Crippen molar-refractivity contribution in [1.82, 2.24) is 0 Å². The Labute approximate surface area is 191 Å². The van der Waals surface area contributed by atoms with Gasteiger partial charge < -0.3 is 16.9 Å². The molecule has 0 fully saturated rings. The minimum absolute atomic E-state index is 0. The molecule has 0 saturated heterocycles. The molecule has 0 aromatic rings. The maximum Gasteiger partial charge on any atom is 0.0782 e. The van der Waals surface area contributed by atoms with Crippen LogP contribution >= 0.6 is 12.6 Å². The molecule has 0 aliphatic carbocycles. The van der Waals surface area contributed by atoms with E-state index in [2.05, 4.69) is 33.6 Å². The Kier molecular flexibility index (Phi) is 26.3. The van der Waals surface area contributed by atoms with Crippen molar-refractivity contribution in [1.29, 1.82) is 0 Å². The van der Waals surface area contributed by atoms with E-state index in [0.717, 1.165) is 5.75 Å². The topological polar surface area (TPSA) is 0 Å². The maximum absolute atomic E-state index is 4.28. The molecule has 172 valence electrons. The second kappa shape index (κ2) is 23.9. The summed E-state index contributed by atoms with van der Waals surface area (Å²) in [7, 11) is 4.88. The zero-order valence-electron chi connectivity index (χ0n) is 19.8. The Bertz CT molecular complexity index is 258. The van der Waals surface area contributed by atoms with Crippen molar-refractivity contribution in [2.24, 2.45) is 0 Å². The molecular weight excluding hydrogens is 382 g/mol. The molecule has 0 amide bonds. The molecule has 0 heterocycles. The van der Waals surface area contributed by atoms with Crippen molar-refractivity contribution in [2.45, 2.75) is 129 Å². The van der Waals surface area contributed by atoms with Crippen LogP contribution < -0.4 is 12.4 Å². The summed E-state index contributed by atoms with van der Waals surface area (Å²) in [5.74, 6) is 1.06. The molecule has 0 spiro atoms. The number of unbranched alkanes of at least 4 members (excludes halogenated alkanes) is 17. The summed E-state index contributed by atoms with van der Waals surface area (Å²) in [6.07, 6.45) is 27.2. The number of halogens is 1. The van der Waals surface area contributed by atoms with E-state index in [1.54, 1.807) is 0 Å². The average molecular weight is 436 g/mol. The predicted molar refractivity (Wildman–Crippen MR) is 129 cm³/mol. The molecule has 0 aromatic heterocycles. The number of hydrogen-bond donors (Lipinski definition) is 1. The van der Waals surface area contributed by atoms with Gasteiger partial charge in [0.1, 0.15) is 0 Å². The van der Waals surface area contributed by atoms with Crippen LogP contribution in [0.4, 0.5) is 0 Å². The quantitative estimate of drug-likeness (QED) is 0.131. The van der Waals surface area contributed by atoms with Crippen molar-refractivity contribution >= 4 is 12.6 Å². The summed E-state index contributed by atoms with van der Waals surface area (Å²) in [5, 5.41) is 0. The van der Waals surface area contributed by atoms with Crippen LogP contribution in [-0.2, 0) is 0 Å². The second-order valence-corrected chi connectivity index (χ2v) is 9.92. The summed E-state index contributed by atoms with van der Waals surface area (Å²) in [6.45, 7) is 5.05. The fourth-order valence-corrected chi connectivity index (χ4v) is 4.25. The number of thiol groups is 1. The Balaban J connectivity index is 0. The average Bonchev–Trinajstić information content (AvgIpc) is 2.64. The molecule has 0 aromatic carbocycles. The van der Waals surface area contributed by atoms with Gasteiger partial charge in [0.2, 0.25) is 0 Å². The summed E-state index contributed by atoms with van der Waals surface area (Å²) in [4.78, 5) is 0. The highest BCUT2D eigenvalue weighted by Crippen LogP contribution is 2.14. The highest BCUT2D eigenvalue weighted by Gasteiger charge is 2.13. The van der Waals surface area contributed by atoms with E-state index in [4.69, 9.17) is 0 Å². The molecule has 0 radical (unpaired) electrons. The Morgan fingerprint density at radius 3 is 1.07 bits per heavy atom. The summed E-state index contributed by atoms with van der Waals surface area (Å²) in [6, 6.07) is 0. The van der Waals surface area contributed by atoms with Crippen LogP contribution in [0.15, 0.2) is 0 Å². The van der Waals surface area contributed by atoms with Gasteiger partial charge in [-0.2, -0.15) is 12.6 Å². The van der Waals surface area contributed by atoms with Gasteiger partial charge in [0.05, 0.1) is 27.2 Å². The minimum atomic E-state index is 0. The van der Waals surface area contributed by atoms with Crippen molar-refractivity contribution < 1.29 is 16.9 Å². The molecule has 0 aliphatic rings. The number of quaternary nitrogens is 1. The van der Waals surface area contributed by atoms with Crippen LogP contribution in [0.2, 0.25) is 0 Å². The smallest absolute Gasteiger partial charge is 0.0782 e. The van der Waals surface area contributed by atoms with Gasteiger partial charge in [-0.15, -0.1) is 0 Å². The van der Waals surface area contributed by atoms with Crippen molar-refractivity contribution in [2.75, 3.05) is 32.9 Å². The lowest BCUT2D eigenvalue weighted by atomic mass is 10.1. The van der Waals surface area contributed by atoms with E-state index < -0.39 is 0 Å². The monoisotopic (exact) mass is 435 g/mol. The highest BCUT2D eigenvalue weighted by atomic mass is 35.5. The third-order valence-corrected chi connectivity index (χ3v) is 6.35. The first-order valence-electron chi connectivity index (χ1n) is 12.6. The van der Waals surface area contributed by atoms with Gasteiger partial charge in [-0.3, -0.25) is 0 Å². The molecule has 0 bridgehead atoms. The molecule has 3 heteroatoms. The standard InChI is InChI=1S/C25H53NS.ClH/c1-4-5-6-7-8-9-11-14-17-20-23-26(2,3)24-21-18-15-12-10-13-16-19-22-25-27;/h4-25H2,1-3H3;1H. The lowest BCUT2D eigenvalue weighted by molar-refractivity contribution is -0.890. The van der Waals surface area contributed by atoms with E-state index in [-0.39, 0.29) is 12.4 Å². The molecule has 0 N–H and O–H groups in total. The first kappa shape index (κ1) is 30.8. The van der Waals surface area contributed by atoms with Crippen LogP contribution in [-0.4, -0.2) is 37.4 Å². The fraction of sp³-hybridized carbons (Fsp3) is 1.00. The third-order valence-electron chi connectivity index (χ3n) is 6.04. The van der Waals surface area contributed by atoms with E-state index >= 15 is 0 Å². The first-order chi connectivity index (χ1) is 13.1. The van der Waals surface area contributed by atoms with Crippen molar-refractivity contribution in [3.05, 3.63) is 0 Å². The fourth-order valence-electron chi connectivity index (χ4n) is 4.03. The molecule has 0 rings (SSSR count). The van der Waals surface area contributed by atoms with E-state index in [1.807, 2.05) is 0 Å². The van der Waals surface area contributed by atoms with Crippen LogP contribution in [0.25, 0.3) is 0 Å². The van der Waals surface area contributed by atoms with Gasteiger partial charge in [-0.25, -0.2) is 0 Å². The minimum Gasteiger partial charge on any atom is -1.00 e. The normalized spacial score (nSPS) is 11.6. The number of rotatable bonds is 22. The van der Waals surface area contributed by atoms with Crippen molar-refractivity contribution in [3.8, 4) is 0 Å². The van der Waals surface area contributed by atoms with Gasteiger partial charge in [0.15, 0.2) is 0 Å². The molecule has 0 aliphatic heterocycles. The van der Waals surface area contributed by atoms with Crippen molar-refractivity contribution in [3.63, 3.8) is 0 Å². The summed E-state index contributed by atoms with van der Waals surface area (Å²) < 4.78 is 1.24. The molecule has 1 nitrogen and oxygen atoms in total.